The number of hydrogen-bond acceptors (Lipinski definition) is 7. The number of carbonyl (C=O) groups is 2. The van der Waals surface area contributed by atoms with Gasteiger partial charge in [-0.15, -0.1) is 16.7 Å². The van der Waals surface area contributed by atoms with Gasteiger partial charge in [0.2, 0.25) is 5.13 Å². The molecule has 0 aliphatic heterocycles. The number of carbonyl (C=O) groups excluding carboxylic acids is 2. The molecule has 0 bridgehead atoms. The Kier molecular flexibility index (Phi) is 7.20. The fourth-order valence-corrected chi connectivity index (χ4v) is 2.12. The highest BCUT2D eigenvalue weighted by atomic mass is 35.5. The average Bonchev–Trinajstić information content (AvgIpc) is 2.90. The Labute approximate surface area is 125 Å². The number of ether oxygens (including phenoxy) is 2. The Bertz CT molecular complexity index is 445. The summed E-state index contributed by atoms with van der Waals surface area (Å²) < 4.78 is 9.78. The minimum atomic E-state index is -0.714. The summed E-state index contributed by atoms with van der Waals surface area (Å²) >= 11 is 6.72. The van der Waals surface area contributed by atoms with Crippen LogP contribution in [0.25, 0.3) is 0 Å². The number of methoxy groups -OCH3 is 2. The predicted octanol–water partition coefficient (Wildman–Crippen LogP) is 0.833. The highest BCUT2D eigenvalue weighted by molar-refractivity contribution is 7.17. The molecule has 2 amide bonds. The molecule has 0 spiro atoms. The van der Waals surface area contributed by atoms with E-state index in [2.05, 4.69) is 15.5 Å². The van der Waals surface area contributed by atoms with Crippen LogP contribution in [0.1, 0.15) is 0 Å². The lowest BCUT2D eigenvalue weighted by molar-refractivity contribution is -0.113. The Morgan fingerprint density at radius 1 is 1.55 bits per heavy atom. The summed E-state index contributed by atoms with van der Waals surface area (Å²) in [6.07, 6.45) is 0.635. The molecule has 0 radical (unpaired) electrons. The van der Waals surface area contributed by atoms with Gasteiger partial charge in [0.1, 0.15) is 12.3 Å². The lowest BCUT2D eigenvalue weighted by Gasteiger charge is -2.26. The van der Waals surface area contributed by atoms with E-state index in [9.17, 15) is 9.59 Å². The number of nitrogens with one attached hydrogen (secondary N) is 1. The van der Waals surface area contributed by atoms with Crippen molar-refractivity contribution in [2.24, 2.45) is 0 Å². The van der Waals surface area contributed by atoms with Gasteiger partial charge in [0.05, 0.1) is 13.7 Å². The number of aromatic nitrogens is 2. The molecule has 0 aromatic carbocycles. The van der Waals surface area contributed by atoms with Crippen LogP contribution in [0.2, 0.25) is 0 Å². The zero-order valence-corrected chi connectivity index (χ0v) is 12.6. The Hall–Kier alpha value is -1.45. The minimum Gasteiger partial charge on any atom is -0.472 e. The van der Waals surface area contributed by atoms with Gasteiger partial charge >= 0.3 is 6.03 Å². The number of nitrogens with zero attached hydrogens (tertiary/aromatic N) is 3. The van der Waals surface area contributed by atoms with Crippen molar-refractivity contribution in [3.63, 3.8) is 0 Å². The van der Waals surface area contributed by atoms with Gasteiger partial charge in [-0.05, 0) is 11.3 Å². The summed E-state index contributed by atoms with van der Waals surface area (Å²) in [5.74, 6) is 0.195. The Balaban J connectivity index is 2.74. The van der Waals surface area contributed by atoms with Crippen molar-refractivity contribution in [2.45, 2.75) is 6.04 Å². The molecular weight excluding hydrogens is 308 g/mol. The first-order chi connectivity index (χ1) is 9.65. The number of amides is 2. The largest absolute Gasteiger partial charge is 0.472 e. The van der Waals surface area contributed by atoms with Crippen molar-refractivity contribution in [2.75, 3.05) is 38.6 Å². The van der Waals surface area contributed by atoms with Crippen LogP contribution in [-0.4, -0.2) is 66.7 Å². The second kappa shape index (κ2) is 8.67. The molecule has 1 aromatic heterocycles. The number of anilines is 1. The molecule has 1 atom stereocenters. The van der Waals surface area contributed by atoms with E-state index in [1.54, 1.807) is 0 Å². The molecule has 0 saturated heterocycles. The number of hydrogen-bond donors (Lipinski definition) is 1. The molecule has 112 valence electrons. The van der Waals surface area contributed by atoms with Crippen LogP contribution >= 0.6 is 22.9 Å². The molecule has 1 heterocycles. The second-order valence-electron chi connectivity index (χ2n) is 3.55. The standard InChI is InChI=1S/C10H15ClN4O4S/c1-18-6-7(5-16)15(4-3-11)9(17)12-8-13-14-10(19-2)20-8/h5,7H,3-4,6H2,1-2H3,(H,12,13,17). The molecule has 1 unspecified atom stereocenters. The van der Waals surface area contributed by atoms with Crippen molar-refractivity contribution < 1.29 is 19.1 Å². The lowest BCUT2D eigenvalue weighted by Crippen LogP contribution is -2.47. The summed E-state index contributed by atoms with van der Waals surface area (Å²) in [5.41, 5.74) is 0. The first-order valence-corrected chi connectivity index (χ1v) is 6.96. The second-order valence-corrected chi connectivity index (χ2v) is 4.87. The van der Waals surface area contributed by atoms with Gasteiger partial charge in [-0.25, -0.2) is 4.79 Å². The maximum absolute atomic E-state index is 12.1. The zero-order chi connectivity index (χ0) is 15.0. The Morgan fingerprint density at radius 3 is 2.80 bits per heavy atom. The van der Waals surface area contributed by atoms with Gasteiger partial charge < -0.3 is 19.2 Å². The molecule has 0 fully saturated rings. The maximum Gasteiger partial charge on any atom is 0.324 e. The number of urea groups is 1. The molecule has 8 nitrogen and oxygen atoms in total. The Morgan fingerprint density at radius 2 is 2.30 bits per heavy atom. The molecule has 10 heteroatoms. The lowest BCUT2D eigenvalue weighted by atomic mass is 10.3. The van der Waals surface area contributed by atoms with Gasteiger partial charge in [-0.3, -0.25) is 5.32 Å². The van der Waals surface area contributed by atoms with Crippen molar-refractivity contribution >= 4 is 40.4 Å². The van der Waals surface area contributed by atoms with E-state index >= 15 is 0 Å². The fraction of sp³-hybridized carbons (Fsp3) is 0.600. The third kappa shape index (κ3) is 4.58. The SMILES string of the molecule is COCC(C=O)N(CCCl)C(=O)Nc1nnc(OC)s1. The third-order valence-electron chi connectivity index (χ3n) is 2.28. The average molecular weight is 323 g/mol. The predicted molar refractivity (Wildman–Crippen MR) is 74.6 cm³/mol. The van der Waals surface area contributed by atoms with Crippen LogP contribution < -0.4 is 10.1 Å². The number of alkyl halides is 1. The molecule has 0 aliphatic rings. The number of rotatable bonds is 8. The minimum absolute atomic E-state index is 0.0905. The highest BCUT2D eigenvalue weighted by Crippen LogP contribution is 2.21. The van der Waals surface area contributed by atoms with Crippen LogP contribution in [0.5, 0.6) is 5.19 Å². The summed E-state index contributed by atoms with van der Waals surface area (Å²) in [6, 6.07) is -1.22. The molecule has 1 N–H and O–H groups in total. The van der Waals surface area contributed by atoms with Crippen molar-refractivity contribution in [3.8, 4) is 5.19 Å². The fourth-order valence-electron chi connectivity index (χ4n) is 1.39. The van der Waals surface area contributed by atoms with E-state index in [1.165, 1.54) is 19.1 Å². The van der Waals surface area contributed by atoms with Crippen molar-refractivity contribution in [1.29, 1.82) is 0 Å². The van der Waals surface area contributed by atoms with E-state index in [1.807, 2.05) is 0 Å². The van der Waals surface area contributed by atoms with Gasteiger partial charge in [-0.1, -0.05) is 5.10 Å². The molecule has 1 aromatic rings. The van der Waals surface area contributed by atoms with E-state index < -0.39 is 12.1 Å². The zero-order valence-electron chi connectivity index (χ0n) is 11.0. The van der Waals surface area contributed by atoms with Crippen molar-refractivity contribution in [3.05, 3.63) is 0 Å². The smallest absolute Gasteiger partial charge is 0.324 e. The highest BCUT2D eigenvalue weighted by Gasteiger charge is 2.24. The molecule has 0 aliphatic carbocycles. The van der Waals surface area contributed by atoms with E-state index in [0.717, 1.165) is 11.3 Å². The van der Waals surface area contributed by atoms with Crippen LogP contribution in [0.3, 0.4) is 0 Å². The summed E-state index contributed by atoms with van der Waals surface area (Å²) in [4.78, 5) is 24.4. The molecular formula is C10H15ClN4O4S. The van der Waals surface area contributed by atoms with E-state index in [0.29, 0.717) is 11.5 Å². The van der Waals surface area contributed by atoms with Gasteiger partial charge in [0.15, 0.2) is 0 Å². The summed E-state index contributed by atoms with van der Waals surface area (Å²) in [7, 11) is 2.90. The quantitative estimate of drug-likeness (QED) is 0.563. The summed E-state index contributed by atoms with van der Waals surface area (Å²) in [6.45, 7) is 0.295. The van der Waals surface area contributed by atoms with Crippen LogP contribution in [0.15, 0.2) is 0 Å². The normalized spacial score (nSPS) is 11.8. The van der Waals surface area contributed by atoms with Gasteiger partial charge in [-0.2, -0.15) is 0 Å². The van der Waals surface area contributed by atoms with Crippen LogP contribution in [-0.2, 0) is 9.53 Å². The van der Waals surface area contributed by atoms with Gasteiger partial charge in [0.25, 0.3) is 5.19 Å². The number of halogens is 1. The van der Waals surface area contributed by atoms with Gasteiger partial charge in [0, 0.05) is 19.5 Å². The topological polar surface area (TPSA) is 93.7 Å². The summed E-state index contributed by atoms with van der Waals surface area (Å²) in [5, 5.41) is 10.6. The first-order valence-electron chi connectivity index (χ1n) is 5.61. The monoisotopic (exact) mass is 322 g/mol. The van der Waals surface area contributed by atoms with Crippen LogP contribution in [0.4, 0.5) is 9.93 Å². The van der Waals surface area contributed by atoms with Crippen LogP contribution in [0, 0.1) is 0 Å². The molecule has 0 saturated carbocycles. The number of aldehydes is 1. The van der Waals surface area contributed by atoms with Crippen molar-refractivity contribution in [1.82, 2.24) is 15.1 Å². The third-order valence-corrected chi connectivity index (χ3v) is 3.25. The van der Waals surface area contributed by atoms with E-state index in [4.69, 9.17) is 21.1 Å². The molecule has 1 rings (SSSR count). The van der Waals surface area contributed by atoms with E-state index in [-0.39, 0.29) is 24.2 Å². The molecule has 20 heavy (non-hydrogen) atoms. The first kappa shape index (κ1) is 16.6. The maximum atomic E-state index is 12.1.